The lowest BCUT2D eigenvalue weighted by atomic mass is 9.75. The van der Waals surface area contributed by atoms with Crippen LogP contribution in [0.25, 0.3) is 0 Å². The Kier molecular flexibility index (Phi) is 3.35. The summed E-state index contributed by atoms with van der Waals surface area (Å²) in [5.74, 6) is -0.925. The minimum atomic E-state index is -1.81. The predicted molar refractivity (Wildman–Crippen MR) is 85.3 cm³/mol. The maximum absolute atomic E-state index is 12.8. The van der Waals surface area contributed by atoms with Crippen molar-refractivity contribution in [3.05, 3.63) is 57.5 Å². The molecule has 0 aromatic heterocycles. The topological polar surface area (TPSA) is 94.3 Å². The van der Waals surface area contributed by atoms with Gasteiger partial charge in [-0.15, -0.1) is 0 Å². The standard InChI is InChI=1S/C17H13NO5S/c19-13-8-14(17(20)16-10-2-1-9(7-10)15(13)16)24(23)12-5-3-11(4-6-12)18(21)22/h1-6,8-10,15-16H,7H2/t9-,10+,15+,16+,24+/m1/s1. The number of non-ortho nitro benzene ring substituents is 1. The van der Waals surface area contributed by atoms with Crippen LogP contribution in [0.4, 0.5) is 5.69 Å². The van der Waals surface area contributed by atoms with Crippen LogP contribution in [0.2, 0.25) is 0 Å². The molecule has 0 spiro atoms. The van der Waals surface area contributed by atoms with E-state index in [1.54, 1.807) is 0 Å². The van der Waals surface area contributed by atoms with Crippen molar-refractivity contribution in [3.63, 3.8) is 0 Å². The number of nitro groups is 1. The molecule has 1 aromatic carbocycles. The molecule has 0 unspecified atom stereocenters. The molecule has 7 heteroatoms. The smallest absolute Gasteiger partial charge is 0.269 e. The van der Waals surface area contributed by atoms with Gasteiger partial charge in [0, 0.05) is 34.9 Å². The Morgan fingerprint density at radius 2 is 1.67 bits per heavy atom. The van der Waals surface area contributed by atoms with Gasteiger partial charge in [-0.05, 0) is 30.4 Å². The lowest BCUT2D eigenvalue weighted by molar-refractivity contribution is -0.384. The molecule has 122 valence electrons. The van der Waals surface area contributed by atoms with Gasteiger partial charge in [-0.25, -0.2) is 4.21 Å². The number of carbonyl (C=O) groups excluding carboxylic acids is 2. The van der Waals surface area contributed by atoms with Gasteiger partial charge in [0.15, 0.2) is 11.6 Å². The van der Waals surface area contributed by atoms with Crippen LogP contribution in [0.3, 0.4) is 0 Å². The van der Waals surface area contributed by atoms with E-state index < -0.39 is 21.6 Å². The fourth-order valence-corrected chi connectivity index (χ4v) is 5.17. The maximum Gasteiger partial charge on any atom is 0.269 e. The molecule has 24 heavy (non-hydrogen) atoms. The van der Waals surface area contributed by atoms with Crippen LogP contribution in [0, 0.1) is 33.8 Å². The number of nitro benzene ring substituents is 1. The average Bonchev–Trinajstić information content (AvgIpc) is 3.19. The van der Waals surface area contributed by atoms with Gasteiger partial charge >= 0.3 is 0 Å². The van der Waals surface area contributed by atoms with E-state index in [1.807, 2.05) is 12.2 Å². The van der Waals surface area contributed by atoms with E-state index in [9.17, 15) is 23.9 Å². The zero-order chi connectivity index (χ0) is 17.0. The highest BCUT2D eigenvalue weighted by Gasteiger charge is 2.54. The van der Waals surface area contributed by atoms with Crippen LogP contribution in [0.5, 0.6) is 0 Å². The van der Waals surface area contributed by atoms with Gasteiger partial charge in [-0.1, -0.05) is 12.2 Å². The first-order valence-corrected chi connectivity index (χ1v) is 8.76. The van der Waals surface area contributed by atoms with Crippen molar-refractivity contribution < 1.29 is 18.7 Å². The fourth-order valence-electron chi connectivity index (χ4n) is 3.99. The number of carbonyl (C=O) groups is 2. The molecule has 0 aliphatic heterocycles. The molecule has 1 saturated carbocycles. The average molecular weight is 343 g/mol. The lowest BCUT2D eigenvalue weighted by Gasteiger charge is -2.29. The Morgan fingerprint density at radius 3 is 2.29 bits per heavy atom. The SMILES string of the molecule is O=C1C([S@@](=O)c2ccc([N+](=O)[O-])cc2)=CC(=O)[C@H]2[C@@H]1[C@H]1C=C[C@@H]2C1. The molecule has 5 atom stereocenters. The molecule has 3 aliphatic carbocycles. The molecule has 3 aliphatic rings. The molecular weight excluding hydrogens is 330 g/mol. The Labute approximate surface area is 139 Å². The normalized spacial score (nSPS) is 31.8. The molecule has 1 fully saturated rings. The number of ketones is 2. The van der Waals surface area contributed by atoms with E-state index in [0.29, 0.717) is 0 Å². The third-order valence-electron chi connectivity index (χ3n) is 5.07. The first-order valence-electron chi connectivity index (χ1n) is 7.61. The molecule has 0 amide bonds. The fraction of sp³-hybridized carbons (Fsp3) is 0.294. The minimum Gasteiger partial charge on any atom is -0.294 e. The summed E-state index contributed by atoms with van der Waals surface area (Å²) >= 11 is 0. The summed E-state index contributed by atoms with van der Waals surface area (Å²) in [6.07, 6.45) is 6.01. The molecular formula is C17H13NO5S. The number of allylic oxidation sites excluding steroid dienone is 4. The van der Waals surface area contributed by atoms with Gasteiger partial charge in [-0.2, -0.15) is 0 Å². The van der Waals surface area contributed by atoms with Gasteiger partial charge in [-0.3, -0.25) is 19.7 Å². The van der Waals surface area contributed by atoms with Gasteiger partial charge < -0.3 is 0 Å². The van der Waals surface area contributed by atoms with Gasteiger partial charge in [0.2, 0.25) is 0 Å². The molecule has 1 aromatic rings. The van der Waals surface area contributed by atoms with Crippen LogP contribution < -0.4 is 0 Å². The molecule has 4 rings (SSSR count). The second kappa shape index (κ2) is 5.31. The Balaban J connectivity index is 1.66. The van der Waals surface area contributed by atoms with E-state index in [0.717, 1.165) is 6.42 Å². The number of fused-ring (bicyclic) bond motifs is 5. The van der Waals surface area contributed by atoms with E-state index in [2.05, 4.69) is 0 Å². The summed E-state index contributed by atoms with van der Waals surface area (Å²) in [6, 6.07) is 5.21. The highest BCUT2D eigenvalue weighted by molar-refractivity contribution is 7.90. The highest BCUT2D eigenvalue weighted by atomic mass is 32.2. The van der Waals surface area contributed by atoms with Crippen molar-refractivity contribution in [3.8, 4) is 0 Å². The van der Waals surface area contributed by atoms with Crippen LogP contribution in [-0.4, -0.2) is 20.7 Å². The first-order chi connectivity index (χ1) is 11.5. The lowest BCUT2D eigenvalue weighted by Crippen LogP contribution is -2.38. The number of hydrogen-bond donors (Lipinski definition) is 0. The Bertz CT molecular complexity index is 854. The monoisotopic (exact) mass is 343 g/mol. The van der Waals surface area contributed by atoms with Crippen molar-refractivity contribution in [2.45, 2.75) is 11.3 Å². The van der Waals surface area contributed by atoms with Crippen LogP contribution in [0.15, 0.2) is 52.3 Å². The van der Waals surface area contributed by atoms with Gasteiger partial charge in [0.05, 0.1) is 20.6 Å². The van der Waals surface area contributed by atoms with E-state index in [4.69, 9.17) is 0 Å². The summed E-state index contributed by atoms with van der Waals surface area (Å²) in [6.45, 7) is 0. The second-order valence-electron chi connectivity index (χ2n) is 6.29. The predicted octanol–water partition coefficient (Wildman–Crippen LogP) is 2.18. The third kappa shape index (κ3) is 2.11. The summed E-state index contributed by atoms with van der Waals surface area (Å²) in [5, 5.41) is 10.7. The Morgan fingerprint density at radius 1 is 1.04 bits per heavy atom. The number of Topliss-reactive ketones (excluding diaryl/α,β-unsaturated/α-hetero) is 1. The molecule has 0 saturated heterocycles. The maximum atomic E-state index is 12.8. The summed E-state index contributed by atoms with van der Waals surface area (Å²) in [7, 11) is -1.81. The zero-order valence-electron chi connectivity index (χ0n) is 12.5. The van der Waals surface area contributed by atoms with Crippen LogP contribution in [0.1, 0.15) is 6.42 Å². The van der Waals surface area contributed by atoms with E-state index >= 15 is 0 Å². The van der Waals surface area contributed by atoms with Gasteiger partial charge in [0.1, 0.15) is 0 Å². The quantitative estimate of drug-likeness (QED) is 0.476. The molecule has 0 N–H and O–H groups in total. The minimum absolute atomic E-state index is 0.0102. The molecule has 6 nitrogen and oxygen atoms in total. The van der Waals surface area contributed by atoms with Crippen LogP contribution in [-0.2, 0) is 20.4 Å². The Hall–Kier alpha value is -2.41. The number of rotatable bonds is 3. The second-order valence-corrected chi connectivity index (χ2v) is 7.74. The van der Waals surface area contributed by atoms with E-state index in [-0.39, 0.29) is 44.8 Å². The first kappa shape index (κ1) is 15.1. The van der Waals surface area contributed by atoms with Crippen molar-refractivity contribution in [2.24, 2.45) is 23.7 Å². The summed E-state index contributed by atoms with van der Waals surface area (Å²) < 4.78 is 12.7. The van der Waals surface area contributed by atoms with Crippen molar-refractivity contribution in [2.75, 3.05) is 0 Å². The van der Waals surface area contributed by atoms with Crippen molar-refractivity contribution >= 4 is 28.1 Å². The molecule has 2 bridgehead atoms. The number of nitrogens with zero attached hydrogens (tertiary/aromatic N) is 1. The number of benzene rings is 1. The van der Waals surface area contributed by atoms with E-state index in [1.165, 1.54) is 30.3 Å². The third-order valence-corrected chi connectivity index (χ3v) is 6.49. The van der Waals surface area contributed by atoms with Crippen LogP contribution >= 0.6 is 0 Å². The highest BCUT2D eigenvalue weighted by Crippen LogP contribution is 2.51. The summed E-state index contributed by atoms with van der Waals surface area (Å²) in [4.78, 5) is 35.6. The summed E-state index contributed by atoms with van der Waals surface area (Å²) in [5.41, 5.74) is -0.117. The molecule has 0 heterocycles. The molecule has 0 radical (unpaired) electrons. The number of hydrogen-bond acceptors (Lipinski definition) is 5. The largest absolute Gasteiger partial charge is 0.294 e. The van der Waals surface area contributed by atoms with Crippen molar-refractivity contribution in [1.29, 1.82) is 0 Å². The van der Waals surface area contributed by atoms with Crippen molar-refractivity contribution in [1.82, 2.24) is 0 Å². The van der Waals surface area contributed by atoms with Gasteiger partial charge in [0.25, 0.3) is 5.69 Å². The zero-order valence-corrected chi connectivity index (χ0v) is 13.3.